The van der Waals surface area contributed by atoms with Crippen LogP contribution in [-0.4, -0.2) is 66.9 Å². The summed E-state index contributed by atoms with van der Waals surface area (Å²) >= 11 is 0. The summed E-state index contributed by atoms with van der Waals surface area (Å²) in [6, 6.07) is 13.6. The largest absolute Gasteiger partial charge is 0.467 e. The number of hydrogen-bond donors (Lipinski definition) is 0. The molecule has 5 rings (SSSR count). The number of anilines is 1. The number of ether oxygens (including phenoxy) is 3. The van der Waals surface area contributed by atoms with E-state index in [1.807, 2.05) is 63.2 Å². The number of rotatable bonds is 5. The third-order valence-electron chi connectivity index (χ3n) is 6.45. The van der Waals surface area contributed by atoms with Gasteiger partial charge in [-0.2, -0.15) is 0 Å². The molecule has 36 heavy (non-hydrogen) atoms. The first kappa shape index (κ1) is 23.9. The second kappa shape index (κ2) is 8.99. The van der Waals surface area contributed by atoms with Crippen LogP contribution in [0.15, 0.2) is 42.5 Å². The average molecular weight is 487 g/mol. The fourth-order valence-corrected chi connectivity index (χ4v) is 4.87. The minimum Gasteiger partial charge on any atom is -0.467 e. The van der Waals surface area contributed by atoms with Gasteiger partial charge in [-0.15, -0.1) is 16.6 Å². The highest BCUT2D eigenvalue weighted by Gasteiger charge is 2.54. The van der Waals surface area contributed by atoms with Gasteiger partial charge in [0.1, 0.15) is 11.4 Å². The Hall–Kier alpha value is -3.83. The van der Waals surface area contributed by atoms with Gasteiger partial charge in [0.25, 0.3) is 0 Å². The number of fused-ring (bicyclic) bond motifs is 1. The number of carbonyl (C=O) groups is 1. The van der Waals surface area contributed by atoms with Crippen LogP contribution in [0.4, 0.5) is 10.5 Å². The quantitative estimate of drug-likeness (QED) is 0.393. The maximum Gasteiger partial charge on any atom is 0.410 e. The standard InChI is InChI=1S/C28H30N4O4/c1-6-19-11-20-12-23(21-9-7-8-10-25(21)35-18-34-5)30-29-22(20)13-24(19)31-14-28(15-31)16-32(17-28)26(33)36-27(2,3)4/h1,7-13H,14-18H2,2-5H3. The number of terminal acetylenes is 1. The Morgan fingerprint density at radius 3 is 2.56 bits per heavy atom. The molecule has 0 aliphatic carbocycles. The molecule has 1 amide bonds. The summed E-state index contributed by atoms with van der Waals surface area (Å²) in [5.74, 6) is 3.51. The second-order valence-electron chi connectivity index (χ2n) is 10.5. The van der Waals surface area contributed by atoms with Gasteiger partial charge in [-0.25, -0.2) is 4.79 Å². The molecule has 2 aromatic carbocycles. The number of benzene rings is 2. The van der Waals surface area contributed by atoms with E-state index in [2.05, 4.69) is 21.0 Å². The number of likely N-dealkylation sites (tertiary alicyclic amines) is 1. The van der Waals surface area contributed by atoms with E-state index in [1.165, 1.54) is 0 Å². The highest BCUT2D eigenvalue weighted by molar-refractivity contribution is 5.88. The van der Waals surface area contributed by atoms with Gasteiger partial charge < -0.3 is 24.0 Å². The predicted octanol–water partition coefficient (Wildman–Crippen LogP) is 4.32. The molecule has 186 valence electrons. The molecule has 8 nitrogen and oxygen atoms in total. The summed E-state index contributed by atoms with van der Waals surface area (Å²) in [5.41, 5.74) is 3.69. The zero-order valence-corrected chi connectivity index (χ0v) is 21.1. The van der Waals surface area contributed by atoms with Crippen LogP contribution in [0.1, 0.15) is 26.3 Å². The molecule has 3 heterocycles. The van der Waals surface area contributed by atoms with Crippen molar-refractivity contribution in [3.8, 4) is 29.4 Å². The molecule has 0 atom stereocenters. The minimum absolute atomic E-state index is 0.0964. The van der Waals surface area contributed by atoms with E-state index < -0.39 is 5.60 Å². The maximum absolute atomic E-state index is 12.3. The van der Waals surface area contributed by atoms with Crippen LogP contribution >= 0.6 is 0 Å². The Morgan fingerprint density at radius 2 is 1.86 bits per heavy atom. The van der Waals surface area contributed by atoms with Crippen molar-refractivity contribution in [2.45, 2.75) is 26.4 Å². The van der Waals surface area contributed by atoms with E-state index >= 15 is 0 Å². The summed E-state index contributed by atoms with van der Waals surface area (Å²) in [5, 5.41) is 9.87. The van der Waals surface area contributed by atoms with Crippen molar-refractivity contribution in [3.63, 3.8) is 0 Å². The third-order valence-corrected chi connectivity index (χ3v) is 6.45. The molecule has 3 aromatic rings. The van der Waals surface area contributed by atoms with Crippen molar-refractivity contribution < 1.29 is 19.0 Å². The van der Waals surface area contributed by atoms with Crippen LogP contribution in [-0.2, 0) is 9.47 Å². The van der Waals surface area contributed by atoms with Crippen molar-refractivity contribution in [2.75, 3.05) is 45.0 Å². The van der Waals surface area contributed by atoms with E-state index in [-0.39, 0.29) is 18.3 Å². The summed E-state index contributed by atoms with van der Waals surface area (Å²) in [7, 11) is 1.58. The van der Waals surface area contributed by atoms with Gasteiger partial charge in [0, 0.05) is 55.2 Å². The van der Waals surface area contributed by atoms with Gasteiger partial charge >= 0.3 is 6.09 Å². The van der Waals surface area contributed by atoms with Crippen LogP contribution in [0.5, 0.6) is 5.75 Å². The zero-order chi connectivity index (χ0) is 25.5. The number of hydrogen-bond acceptors (Lipinski definition) is 7. The lowest BCUT2D eigenvalue weighted by molar-refractivity contribution is -0.0453. The maximum atomic E-state index is 12.3. The summed E-state index contributed by atoms with van der Waals surface area (Å²) < 4.78 is 16.2. The van der Waals surface area contributed by atoms with Crippen LogP contribution in [0, 0.1) is 17.8 Å². The lowest BCUT2D eigenvalue weighted by atomic mass is 9.72. The van der Waals surface area contributed by atoms with E-state index in [0.29, 0.717) is 24.5 Å². The molecule has 2 aliphatic heterocycles. The lowest BCUT2D eigenvalue weighted by Gasteiger charge is -2.60. The Balaban J connectivity index is 1.33. The predicted molar refractivity (Wildman–Crippen MR) is 138 cm³/mol. The molecular formula is C28H30N4O4. The Morgan fingerprint density at radius 1 is 1.11 bits per heavy atom. The molecular weight excluding hydrogens is 456 g/mol. The number of aromatic nitrogens is 2. The van der Waals surface area contributed by atoms with Gasteiger partial charge in [0.2, 0.25) is 0 Å². The molecule has 1 aromatic heterocycles. The van der Waals surface area contributed by atoms with Crippen LogP contribution in [0.25, 0.3) is 22.2 Å². The smallest absolute Gasteiger partial charge is 0.410 e. The molecule has 0 radical (unpaired) electrons. The van der Waals surface area contributed by atoms with Crippen molar-refractivity contribution in [3.05, 3.63) is 48.0 Å². The van der Waals surface area contributed by atoms with Gasteiger partial charge in [0.15, 0.2) is 6.79 Å². The number of nitrogens with zero attached hydrogens (tertiary/aromatic N) is 4. The first-order valence-electron chi connectivity index (χ1n) is 11.9. The molecule has 0 unspecified atom stereocenters. The second-order valence-corrected chi connectivity index (χ2v) is 10.5. The van der Waals surface area contributed by atoms with E-state index in [9.17, 15) is 4.79 Å². The first-order valence-corrected chi connectivity index (χ1v) is 11.9. The normalized spacial score (nSPS) is 16.3. The van der Waals surface area contributed by atoms with E-state index in [1.54, 1.807) is 12.0 Å². The molecule has 2 fully saturated rings. The van der Waals surface area contributed by atoms with Gasteiger partial charge in [-0.3, -0.25) is 0 Å². The van der Waals surface area contributed by atoms with Crippen molar-refractivity contribution >= 4 is 22.7 Å². The third kappa shape index (κ3) is 4.54. The van der Waals surface area contributed by atoms with Crippen LogP contribution < -0.4 is 9.64 Å². The summed E-state index contributed by atoms with van der Waals surface area (Å²) in [4.78, 5) is 16.3. The fourth-order valence-electron chi connectivity index (χ4n) is 4.87. The van der Waals surface area contributed by atoms with E-state index in [4.69, 9.17) is 20.6 Å². The first-order chi connectivity index (χ1) is 17.2. The number of carbonyl (C=O) groups excluding carboxylic acids is 1. The highest BCUT2D eigenvalue weighted by Crippen LogP contribution is 2.44. The highest BCUT2D eigenvalue weighted by atomic mass is 16.7. The average Bonchev–Trinajstić information content (AvgIpc) is 2.79. The summed E-state index contributed by atoms with van der Waals surface area (Å²) in [6.07, 6.45) is 5.66. The Bertz CT molecular complexity index is 1340. The number of para-hydroxylation sites is 1. The molecule has 0 saturated carbocycles. The molecule has 0 N–H and O–H groups in total. The number of amides is 1. The monoisotopic (exact) mass is 486 g/mol. The molecule has 1 spiro atoms. The summed E-state index contributed by atoms with van der Waals surface area (Å²) in [6.45, 7) is 8.86. The SMILES string of the molecule is C#Cc1cc2cc(-c3ccccc3OCOC)nnc2cc1N1CC2(CN(C(=O)OC(C)(C)C)C2)C1. The topological polar surface area (TPSA) is 77.0 Å². The van der Waals surface area contributed by atoms with E-state index in [0.717, 1.165) is 40.8 Å². The number of methoxy groups -OCH3 is 1. The lowest BCUT2D eigenvalue weighted by Crippen LogP contribution is -2.73. The Labute approximate surface area is 211 Å². The molecule has 0 bridgehead atoms. The minimum atomic E-state index is -0.488. The zero-order valence-electron chi connectivity index (χ0n) is 21.1. The van der Waals surface area contributed by atoms with Gasteiger partial charge in [-0.1, -0.05) is 18.1 Å². The van der Waals surface area contributed by atoms with Gasteiger partial charge in [-0.05, 0) is 51.1 Å². The van der Waals surface area contributed by atoms with Crippen LogP contribution in [0.3, 0.4) is 0 Å². The fraction of sp³-hybridized carbons (Fsp3) is 0.393. The van der Waals surface area contributed by atoms with Crippen molar-refractivity contribution in [1.82, 2.24) is 15.1 Å². The van der Waals surface area contributed by atoms with Crippen LogP contribution in [0.2, 0.25) is 0 Å². The van der Waals surface area contributed by atoms with Gasteiger partial charge in [0.05, 0.1) is 16.9 Å². The molecule has 8 heteroatoms. The molecule has 2 saturated heterocycles. The molecule has 2 aliphatic rings. The Kier molecular flexibility index (Phi) is 5.97. The van der Waals surface area contributed by atoms with Crippen molar-refractivity contribution in [1.29, 1.82) is 0 Å². The van der Waals surface area contributed by atoms with Crippen molar-refractivity contribution in [2.24, 2.45) is 5.41 Å².